The molecule has 6 nitrogen and oxygen atoms in total. The van der Waals surface area contributed by atoms with Gasteiger partial charge in [-0.25, -0.2) is 14.4 Å². The summed E-state index contributed by atoms with van der Waals surface area (Å²) in [5, 5.41) is 2.79. The number of anilines is 1. The van der Waals surface area contributed by atoms with Crippen LogP contribution in [0.3, 0.4) is 0 Å². The first-order chi connectivity index (χ1) is 18.1. The molecule has 5 aromatic rings. The minimum Gasteiger partial charge on any atom is -0.310 e. The van der Waals surface area contributed by atoms with Crippen LogP contribution in [0.2, 0.25) is 0 Å². The number of nitrogens with one attached hydrogen (secondary N) is 1. The van der Waals surface area contributed by atoms with Crippen LogP contribution in [-0.4, -0.2) is 25.3 Å². The van der Waals surface area contributed by atoms with Gasteiger partial charge in [-0.1, -0.05) is 32.9 Å². The molecule has 0 atom stereocenters. The van der Waals surface area contributed by atoms with Gasteiger partial charge in [0.2, 0.25) is 5.91 Å². The number of fused-ring (bicyclic) bond motifs is 1. The van der Waals surface area contributed by atoms with Gasteiger partial charge in [0, 0.05) is 29.3 Å². The SMILES string of the molecule is Cc1cc(-c2ccn3c(-c4ccc(CC(=O)Nc5cc(C(C)(C)C)ccn5)c(F)c4)cnc3c2)cc(C)n1. The fourth-order valence-corrected chi connectivity index (χ4v) is 4.55. The van der Waals surface area contributed by atoms with Crippen LogP contribution < -0.4 is 5.32 Å². The summed E-state index contributed by atoms with van der Waals surface area (Å²) in [6.45, 7) is 10.2. The van der Waals surface area contributed by atoms with Crippen molar-refractivity contribution in [2.45, 2.75) is 46.5 Å². The summed E-state index contributed by atoms with van der Waals surface area (Å²) in [5.41, 5.74) is 7.57. The van der Waals surface area contributed by atoms with Crippen LogP contribution in [0.1, 0.15) is 43.3 Å². The van der Waals surface area contributed by atoms with Gasteiger partial charge in [-0.2, -0.15) is 0 Å². The average Bonchev–Trinajstić information content (AvgIpc) is 3.28. The van der Waals surface area contributed by atoms with Crippen molar-refractivity contribution in [2.75, 3.05) is 5.32 Å². The molecule has 0 fully saturated rings. The molecule has 0 bridgehead atoms. The van der Waals surface area contributed by atoms with E-state index in [9.17, 15) is 4.79 Å². The Morgan fingerprint density at radius 3 is 2.39 bits per heavy atom. The van der Waals surface area contributed by atoms with E-state index in [0.717, 1.165) is 39.4 Å². The van der Waals surface area contributed by atoms with Crippen LogP contribution in [-0.2, 0) is 16.6 Å². The number of hydrogen-bond donors (Lipinski definition) is 1. The highest BCUT2D eigenvalue weighted by atomic mass is 19.1. The number of rotatable bonds is 5. The van der Waals surface area contributed by atoms with Gasteiger partial charge in [0.25, 0.3) is 0 Å². The van der Waals surface area contributed by atoms with Crippen LogP contribution in [0.25, 0.3) is 28.0 Å². The first-order valence-corrected chi connectivity index (χ1v) is 12.5. The van der Waals surface area contributed by atoms with Gasteiger partial charge in [0.15, 0.2) is 0 Å². The summed E-state index contributed by atoms with van der Waals surface area (Å²) < 4.78 is 17.0. The molecule has 38 heavy (non-hydrogen) atoms. The molecule has 192 valence electrons. The molecule has 4 aromatic heterocycles. The number of benzene rings is 1. The zero-order valence-corrected chi connectivity index (χ0v) is 22.2. The second kappa shape index (κ2) is 9.82. The number of carbonyl (C=O) groups excluding carboxylic acids is 1. The molecule has 1 aromatic carbocycles. The van der Waals surface area contributed by atoms with Gasteiger partial charge in [-0.05, 0) is 84.0 Å². The molecule has 0 spiro atoms. The Morgan fingerprint density at radius 1 is 0.921 bits per heavy atom. The van der Waals surface area contributed by atoms with Crippen molar-refractivity contribution in [2.24, 2.45) is 0 Å². The number of aromatic nitrogens is 4. The van der Waals surface area contributed by atoms with E-state index in [1.54, 1.807) is 18.5 Å². The molecular formula is C31H30FN5O. The van der Waals surface area contributed by atoms with Crippen molar-refractivity contribution < 1.29 is 9.18 Å². The van der Waals surface area contributed by atoms with Gasteiger partial charge >= 0.3 is 0 Å². The second-order valence-corrected chi connectivity index (χ2v) is 10.6. The van der Waals surface area contributed by atoms with E-state index in [2.05, 4.69) is 41.0 Å². The lowest BCUT2D eigenvalue weighted by Crippen LogP contribution is -2.17. The molecule has 1 N–H and O–H groups in total. The molecule has 0 unspecified atom stereocenters. The maximum atomic E-state index is 15.1. The van der Waals surface area contributed by atoms with Gasteiger partial charge in [0.1, 0.15) is 17.3 Å². The molecule has 0 saturated carbocycles. The monoisotopic (exact) mass is 507 g/mol. The molecule has 0 saturated heterocycles. The normalized spacial score (nSPS) is 11.6. The quantitative estimate of drug-likeness (QED) is 0.288. The van der Waals surface area contributed by atoms with Crippen LogP contribution in [0, 0.1) is 19.7 Å². The Labute approximate surface area is 221 Å². The number of halogens is 1. The third-order valence-corrected chi connectivity index (χ3v) is 6.52. The number of hydrogen-bond acceptors (Lipinski definition) is 4. The smallest absolute Gasteiger partial charge is 0.230 e. The van der Waals surface area contributed by atoms with E-state index in [1.165, 1.54) is 6.07 Å². The van der Waals surface area contributed by atoms with Crippen molar-refractivity contribution in [3.05, 3.63) is 102 Å². The minimum absolute atomic E-state index is 0.0686. The van der Waals surface area contributed by atoms with Gasteiger partial charge in [-0.3, -0.25) is 14.2 Å². The van der Waals surface area contributed by atoms with Crippen LogP contribution in [0.4, 0.5) is 10.2 Å². The molecule has 7 heteroatoms. The Morgan fingerprint density at radius 2 is 1.68 bits per heavy atom. The Hall–Kier alpha value is -4.39. The number of amides is 1. The van der Waals surface area contributed by atoms with Crippen molar-refractivity contribution in [1.82, 2.24) is 19.4 Å². The number of carbonyl (C=O) groups is 1. The van der Waals surface area contributed by atoms with Crippen molar-refractivity contribution in [3.63, 3.8) is 0 Å². The molecule has 0 aliphatic heterocycles. The lowest BCUT2D eigenvalue weighted by atomic mass is 9.88. The van der Waals surface area contributed by atoms with Gasteiger partial charge in [0.05, 0.1) is 18.3 Å². The van der Waals surface area contributed by atoms with E-state index in [4.69, 9.17) is 0 Å². The topological polar surface area (TPSA) is 72.2 Å². The van der Waals surface area contributed by atoms with E-state index in [1.807, 2.05) is 66.9 Å². The Kier molecular flexibility index (Phi) is 6.53. The molecule has 0 aliphatic carbocycles. The molecule has 5 rings (SSSR count). The zero-order chi connectivity index (χ0) is 27.0. The number of nitrogens with zero attached hydrogens (tertiary/aromatic N) is 4. The predicted octanol–water partition coefficient (Wildman–Crippen LogP) is 6.69. The van der Waals surface area contributed by atoms with E-state index in [0.29, 0.717) is 16.9 Å². The number of pyridine rings is 3. The largest absolute Gasteiger partial charge is 0.310 e. The van der Waals surface area contributed by atoms with E-state index in [-0.39, 0.29) is 17.7 Å². The summed E-state index contributed by atoms with van der Waals surface area (Å²) in [5.74, 6) is -0.302. The summed E-state index contributed by atoms with van der Waals surface area (Å²) in [6.07, 6.45) is 5.26. The van der Waals surface area contributed by atoms with Crippen molar-refractivity contribution in [1.29, 1.82) is 0 Å². The first kappa shape index (κ1) is 25.3. The predicted molar refractivity (Wildman–Crippen MR) is 149 cm³/mol. The molecular weight excluding hydrogens is 477 g/mol. The Balaban J connectivity index is 1.35. The van der Waals surface area contributed by atoms with Crippen LogP contribution in [0.15, 0.2) is 73.2 Å². The fourth-order valence-electron chi connectivity index (χ4n) is 4.55. The zero-order valence-electron chi connectivity index (χ0n) is 22.2. The maximum absolute atomic E-state index is 15.1. The molecule has 0 radical (unpaired) electrons. The van der Waals surface area contributed by atoms with Crippen molar-refractivity contribution in [3.8, 4) is 22.4 Å². The van der Waals surface area contributed by atoms with Gasteiger partial charge in [-0.15, -0.1) is 0 Å². The van der Waals surface area contributed by atoms with E-state index >= 15 is 4.39 Å². The minimum atomic E-state index is -0.441. The third-order valence-electron chi connectivity index (χ3n) is 6.52. The average molecular weight is 508 g/mol. The maximum Gasteiger partial charge on any atom is 0.230 e. The highest BCUT2D eigenvalue weighted by Gasteiger charge is 2.16. The van der Waals surface area contributed by atoms with Crippen molar-refractivity contribution >= 4 is 17.4 Å². The van der Waals surface area contributed by atoms with Gasteiger partial charge < -0.3 is 5.32 Å². The Bertz CT molecular complexity index is 1650. The summed E-state index contributed by atoms with van der Waals surface area (Å²) in [7, 11) is 0. The summed E-state index contributed by atoms with van der Waals surface area (Å²) >= 11 is 0. The number of imidazole rings is 1. The highest BCUT2D eigenvalue weighted by Crippen LogP contribution is 2.28. The number of aryl methyl sites for hydroxylation is 2. The second-order valence-electron chi connectivity index (χ2n) is 10.6. The molecule has 1 amide bonds. The fraction of sp³-hybridized carbons (Fsp3) is 0.226. The first-order valence-electron chi connectivity index (χ1n) is 12.5. The lowest BCUT2D eigenvalue weighted by molar-refractivity contribution is -0.115. The molecule has 4 heterocycles. The highest BCUT2D eigenvalue weighted by molar-refractivity contribution is 5.91. The van der Waals surface area contributed by atoms with E-state index < -0.39 is 5.82 Å². The molecule has 0 aliphatic rings. The van der Waals surface area contributed by atoms with Crippen LogP contribution >= 0.6 is 0 Å². The third kappa shape index (κ3) is 5.32. The standard InChI is InChI=1S/C31H30FN5O/c1-19-12-24(13-20(2)35-19)21-9-11-37-27(18-34-29(37)15-21)23-7-6-22(26(32)14-23)16-30(38)36-28-17-25(8-10-33-28)31(3,4)5/h6-15,17-18H,16H2,1-5H3,(H,33,36,38). The summed E-state index contributed by atoms with van der Waals surface area (Å²) in [4.78, 5) is 25.9. The van der Waals surface area contributed by atoms with Crippen LogP contribution in [0.5, 0.6) is 0 Å². The lowest BCUT2D eigenvalue weighted by Gasteiger charge is -2.19. The summed E-state index contributed by atoms with van der Waals surface area (Å²) in [6, 6.07) is 16.8.